The van der Waals surface area contributed by atoms with Crippen LogP contribution in [0.2, 0.25) is 0 Å². The lowest BCUT2D eigenvalue weighted by Crippen LogP contribution is -2.35. The highest BCUT2D eigenvalue weighted by Gasteiger charge is 2.32. The fourth-order valence-corrected chi connectivity index (χ4v) is 3.08. The van der Waals surface area contributed by atoms with Gasteiger partial charge in [-0.15, -0.1) is 0 Å². The van der Waals surface area contributed by atoms with Crippen LogP contribution in [0.1, 0.15) is 23.0 Å². The maximum Gasteiger partial charge on any atom is 0.294 e. The molecule has 0 saturated heterocycles. The van der Waals surface area contributed by atoms with Crippen LogP contribution in [-0.2, 0) is 6.42 Å². The molecule has 1 aliphatic rings. The largest absolute Gasteiger partial charge is 0.451 e. The third-order valence-electron chi connectivity index (χ3n) is 4.06. The van der Waals surface area contributed by atoms with Gasteiger partial charge in [-0.2, -0.15) is 0 Å². The molecule has 0 bridgehead atoms. The molecule has 3 heteroatoms. The first-order valence-electron chi connectivity index (χ1n) is 7.14. The van der Waals surface area contributed by atoms with Gasteiger partial charge in [0.15, 0.2) is 5.76 Å². The lowest BCUT2D eigenvalue weighted by atomic mass is 10.1. The first kappa shape index (κ1) is 12.2. The molecule has 3 nitrogen and oxygen atoms in total. The summed E-state index contributed by atoms with van der Waals surface area (Å²) in [5.41, 5.74) is 2.96. The van der Waals surface area contributed by atoms with Crippen LogP contribution in [0, 0.1) is 0 Å². The summed E-state index contributed by atoms with van der Waals surface area (Å²) in [5, 5.41) is 0.959. The summed E-state index contributed by atoms with van der Waals surface area (Å²) < 4.78 is 5.71. The highest BCUT2D eigenvalue weighted by molar-refractivity contribution is 6.07. The number of hydrogen-bond donors (Lipinski definition) is 0. The maximum atomic E-state index is 12.8. The van der Waals surface area contributed by atoms with Gasteiger partial charge in [0.25, 0.3) is 5.91 Å². The summed E-state index contributed by atoms with van der Waals surface area (Å²) in [6.45, 7) is 2.07. The van der Waals surface area contributed by atoms with E-state index in [1.54, 1.807) is 0 Å². The predicted molar refractivity (Wildman–Crippen MR) is 82.6 cm³/mol. The first-order valence-corrected chi connectivity index (χ1v) is 7.14. The molecule has 2 heterocycles. The van der Waals surface area contributed by atoms with Crippen molar-refractivity contribution in [1.29, 1.82) is 0 Å². The van der Waals surface area contributed by atoms with Gasteiger partial charge < -0.3 is 9.32 Å². The Balaban J connectivity index is 1.77. The first-order chi connectivity index (χ1) is 10.2. The van der Waals surface area contributed by atoms with E-state index < -0.39 is 0 Å². The SMILES string of the molecule is C[C@@H]1Cc2ccccc2N1C(=O)c1cc2ccccc2o1. The number of amides is 1. The second-order valence-electron chi connectivity index (χ2n) is 5.51. The second-order valence-corrected chi connectivity index (χ2v) is 5.51. The number of nitrogens with zero attached hydrogens (tertiary/aromatic N) is 1. The Kier molecular flexibility index (Phi) is 2.61. The lowest BCUT2D eigenvalue weighted by Gasteiger charge is -2.21. The Morgan fingerprint density at radius 2 is 1.90 bits per heavy atom. The molecular formula is C18H15NO2. The smallest absolute Gasteiger partial charge is 0.294 e. The molecule has 4 rings (SSSR count). The quantitative estimate of drug-likeness (QED) is 0.673. The van der Waals surface area contributed by atoms with Gasteiger partial charge in [0, 0.05) is 17.1 Å². The molecule has 0 unspecified atom stereocenters. The number of hydrogen-bond acceptors (Lipinski definition) is 2. The molecule has 0 fully saturated rings. The van der Waals surface area contributed by atoms with Gasteiger partial charge in [-0.3, -0.25) is 4.79 Å². The van der Waals surface area contributed by atoms with E-state index in [2.05, 4.69) is 13.0 Å². The average molecular weight is 277 g/mol. The van der Waals surface area contributed by atoms with E-state index >= 15 is 0 Å². The van der Waals surface area contributed by atoms with Crippen LogP contribution in [0.4, 0.5) is 5.69 Å². The van der Waals surface area contributed by atoms with Gasteiger partial charge in [-0.05, 0) is 37.1 Å². The zero-order valence-electron chi connectivity index (χ0n) is 11.7. The fourth-order valence-electron chi connectivity index (χ4n) is 3.08. The molecule has 0 aliphatic carbocycles. The fraction of sp³-hybridized carbons (Fsp3) is 0.167. The van der Waals surface area contributed by atoms with Gasteiger partial charge >= 0.3 is 0 Å². The highest BCUT2D eigenvalue weighted by atomic mass is 16.3. The molecule has 0 N–H and O–H groups in total. The van der Waals surface area contributed by atoms with Crippen molar-refractivity contribution in [2.75, 3.05) is 4.90 Å². The van der Waals surface area contributed by atoms with Crippen LogP contribution in [0.3, 0.4) is 0 Å². The number of fused-ring (bicyclic) bond motifs is 2. The minimum Gasteiger partial charge on any atom is -0.451 e. The van der Waals surface area contributed by atoms with Crippen molar-refractivity contribution in [2.45, 2.75) is 19.4 Å². The van der Waals surface area contributed by atoms with Crippen molar-refractivity contribution >= 4 is 22.6 Å². The van der Waals surface area contributed by atoms with Gasteiger partial charge in [0.1, 0.15) is 5.58 Å². The van der Waals surface area contributed by atoms with Crippen molar-refractivity contribution in [1.82, 2.24) is 0 Å². The lowest BCUT2D eigenvalue weighted by molar-refractivity contribution is 0.0957. The number of carbonyl (C=O) groups excluding carboxylic acids is 1. The molecule has 1 aliphatic heterocycles. The Bertz CT molecular complexity index is 801. The van der Waals surface area contributed by atoms with E-state index in [-0.39, 0.29) is 11.9 Å². The summed E-state index contributed by atoms with van der Waals surface area (Å²) >= 11 is 0. The highest BCUT2D eigenvalue weighted by Crippen LogP contribution is 2.33. The summed E-state index contributed by atoms with van der Waals surface area (Å²) in [6, 6.07) is 17.7. The minimum absolute atomic E-state index is 0.0661. The van der Waals surface area contributed by atoms with Crippen molar-refractivity contribution in [2.24, 2.45) is 0 Å². The molecule has 0 saturated carbocycles. The zero-order chi connectivity index (χ0) is 14.4. The molecule has 0 radical (unpaired) electrons. The molecule has 0 spiro atoms. The van der Waals surface area contributed by atoms with E-state index in [4.69, 9.17) is 4.42 Å². The summed E-state index contributed by atoms with van der Waals surface area (Å²) in [5.74, 6) is 0.336. The van der Waals surface area contributed by atoms with Crippen molar-refractivity contribution < 1.29 is 9.21 Å². The second kappa shape index (κ2) is 4.48. The van der Waals surface area contributed by atoms with E-state index in [0.717, 1.165) is 23.1 Å². The van der Waals surface area contributed by atoms with Gasteiger partial charge in [0.05, 0.1) is 0 Å². The van der Waals surface area contributed by atoms with Gasteiger partial charge in [0.2, 0.25) is 0 Å². The van der Waals surface area contributed by atoms with Crippen LogP contribution in [-0.4, -0.2) is 11.9 Å². The average Bonchev–Trinajstić information content (AvgIpc) is 3.06. The zero-order valence-corrected chi connectivity index (χ0v) is 11.7. The van der Waals surface area contributed by atoms with Crippen LogP contribution in [0.5, 0.6) is 0 Å². The Morgan fingerprint density at radius 1 is 1.14 bits per heavy atom. The molecule has 2 aromatic carbocycles. The van der Waals surface area contributed by atoms with Crippen molar-refractivity contribution in [3.63, 3.8) is 0 Å². The summed E-state index contributed by atoms with van der Waals surface area (Å²) in [7, 11) is 0. The van der Waals surface area contributed by atoms with Crippen molar-refractivity contribution in [3.05, 3.63) is 65.9 Å². The third kappa shape index (κ3) is 1.85. The minimum atomic E-state index is -0.0661. The number of para-hydroxylation sites is 2. The van der Waals surface area contributed by atoms with E-state index in [1.165, 1.54) is 5.56 Å². The molecule has 1 aromatic heterocycles. The molecule has 3 aromatic rings. The maximum absolute atomic E-state index is 12.8. The Hall–Kier alpha value is -2.55. The number of carbonyl (C=O) groups is 1. The summed E-state index contributed by atoms with van der Waals surface area (Å²) in [4.78, 5) is 14.7. The number of anilines is 1. The van der Waals surface area contributed by atoms with E-state index in [0.29, 0.717) is 5.76 Å². The summed E-state index contributed by atoms with van der Waals surface area (Å²) in [6.07, 6.45) is 0.891. The molecule has 21 heavy (non-hydrogen) atoms. The van der Waals surface area contributed by atoms with Crippen LogP contribution < -0.4 is 4.90 Å². The third-order valence-corrected chi connectivity index (χ3v) is 4.06. The Labute approximate surface area is 122 Å². The van der Waals surface area contributed by atoms with Crippen molar-refractivity contribution in [3.8, 4) is 0 Å². The Morgan fingerprint density at radius 3 is 2.76 bits per heavy atom. The van der Waals surface area contributed by atoms with E-state index in [9.17, 15) is 4.79 Å². The van der Waals surface area contributed by atoms with E-state index in [1.807, 2.05) is 53.4 Å². The number of rotatable bonds is 1. The van der Waals surface area contributed by atoms with Crippen LogP contribution in [0.25, 0.3) is 11.0 Å². The van der Waals surface area contributed by atoms with Gasteiger partial charge in [-0.1, -0.05) is 36.4 Å². The molecule has 1 amide bonds. The monoisotopic (exact) mass is 277 g/mol. The molecule has 1 atom stereocenters. The van der Waals surface area contributed by atoms with Crippen LogP contribution >= 0.6 is 0 Å². The van der Waals surface area contributed by atoms with Gasteiger partial charge in [-0.25, -0.2) is 0 Å². The topological polar surface area (TPSA) is 33.5 Å². The predicted octanol–water partition coefficient (Wildman–Crippen LogP) is 4.02. The molecular weight excluding hydrogens is 262 g/mol. The van der Waals surface area contributed by atoms with Crippen LogP contribution in [0.15, 0.2) is 59.0 Å². The standard InChI is InChI=1S/C18H15NO2/c1-12-10-13-6-2-4-8-15(13)19(12)18(20)17-11-14-7-3-5-9-16(14)21-17/h2-9,11-12H,10H2,1H3/t12-/m1/s1. The normalized spacial score (nSPS) is 17.2. The number of furan rings is 1. The molecule has 104 valence electrons. The number of benzene rings is 2.